The van der Waals surface area contributed by atoms with E-state index in [0.717, 1.165) is 6.42 Å². The van der Waals surface area contributed by atoms with E-state index < -0.39 is 12.6 Å². The van der Waals surface area contributed by atoms with Crippen LogP contribution in [0, 0.1) is 6.92 Å². The topological polar surface area (TPSA) is 90.3 Å². The molecule has 0 aliphatic carbocycles. The molecule has 0 atom stereocenters. The van der Waals surface area contributed by atoms with Gasteiger partial charge in [0.25, 0.3) is 0 Å². The van der Waals surface area contributed by atoms with Crippen molar-refractivity contribution in [2.24, 2.45) is 0 Å². The van der Waals surface area contributed by atoms with Gasteiger partial charge in [-0.05, 0) is 49.7 Å². The number of nitrogens with one attached hydrogen (secondary N) is 1. The van der Waals surface area contributed by atoms with Gasteiger partial charge in [0.1, 0.15) is 10.7 Å². The Hall–Kier alpha value is -3.45. The highest BCUT2D eigenvalue weighted by Crippen LogP contribution is 2.24. The van der Waals surface area contributed by atoms with Gasteiger partial charge in [-0.3, -0.25) is 9.59 Å². The number of amides is 1. The summed E-state index contributed by atoms with van der Waals surface area (Å²) in [5.41, 5.74) is 2.19. The first kappa shape index (κ1) is 22.2. The number of Topliss-reactive ketones (excluding diaryl/α,β-unsaturated/α-hetero) is 1. The number of aryl methyl sites for hydroxylation is 1. The first-order valence-corrected chi connectivity index (χ1v) is 10.2. The number of esters is 1. The number of ether oxygens (including phenoxy) is 1. The highest BCUT2D eigenvalue weighted by atomic mass is 35.5. The molecule has 7 nitrogen and oxygen atoms in total. The van der Waals surface area contributed by atoms with E-state index in [0.29, 0.717) is 29.1 Å². The first-order valence-electron chi connectivity index (χ1n) is 9.81. The van der Waals surface area contributed by atoms with E-state index in [2.05, 4.69) is 10.4 Å². The van der Waals surface area contributed by atoms with E-state index in [4.69, 9.17) is 16.3 Å². The molecule has 0 aliphatic heterocycles. The molecule has 160 valence electrons. The van der Waals surface area contributed by atoms with Gasteiger partial charge in [-0.2, -0.15) is 5.10 Å². The summed E-state index contributed by atoms with van der Waals surface area (Å²) in [5, 5.41) is 7.17. The Morgan fingerprint density at radius 1 is 1.06 bits per heavy atom. The van der Waals surface area contributed by atoms with E-state index in [1.54, 1.807) is 31.2 Å². The number of hydrogen-bond acceptors (Lipinski definition) is 5. The molecule has 0 aliphatic rings. The maximum Gasteiger partial charge on any atom is 0.343 e. The fourth-order valence-corrected chi connectivity index (χ4v) is 3.30. The molecule has 1 heterocycles. The van der Waals surface area contributed by atoms with Gasteiger partial charge in [-0.25, -0.2) is 9.48 Å². The lowest BCUT2D eigenvalue weighted by Gasteiger charge is -2.07. The fraction of sp³-hybridized carbons (Fsp3) is 0.217. The van der Waals surface area contributed by atoms with E-state index in [1.165, 1.54) is 4.68 Å². The van der Waals surface area contributed by atoms with E-state index in [9.17, 15) is 14.4 Å². The predicted molar refractivity (Wildman–Crippen MR) is 118 cm³/mol. The normalized spacial score (nSPS) is 10.5. The third-order valence-corrected chi connectivity index (χ3v) is 4.86. The van der Waals surface area contributed by atoms with Crippen LogP contribution in [0.3, 0.4) is 0 Å². The van der Waals surface area contributed by atoms with Gasteiger partial charge in [-0.15, -0.1) is 0 Å². The minimum Gasteiger partial charge on any atom is -0.454 e. The third-order valence-electron chi connectivity index (χ3n) is 4.51. The number of halogens is 1. The molecule has 1 aromatic heterocycles. The van der Waals surface area contributed by atoms with Crippen molar-refractivity contribution in [3.8, 4) is 5.69 Å². The lowest BCUT2D eigenvalue weighted by molar-refractivity contribution is -0.116. The number of carbonyl (C=O) groups excluding carboxylic acids is 3. The first-order chi connectivity index (χ1) is 14.9. The zero-order chi connectivity index (χ0) is 22.4. The van der Waals surface area contributed by atoms with Crippen LogP contribution in [-0.4, -0.2) is 34.0 Å². The van der Waals surface area contributed by atoms with Gasteiger partial charge in [0, 0.05) is 17.7 Å². The minimum atomic E-state index is -0.721. The highest BCUT2D eigenvalue weighted by Gasteiger charge is 2.23. The second kappa shape index (κ2) is 10.0. The maximum absolute atomic E-state index is 12.5. The summed E-state index contributed by atoms with van der Waals surface area (Å²) in [7, 11) is 0. The maximum atomic E-state index is 12.5. The largest absolute Gasteiger partial charge is 0.454 e. The number of aromatic nitrogens is 2. The quantitative estimate of drug-likeness (QED) is 0.408. The molecule has 0 spiro atoms. The lowest BCUT2D eigenvalue weighted by Crippen LogP contribution is -2.15. The van der Waals surface area contributed by atoms with Crippen LogP contribution in [-0.2, 0) is 9.53 Å². The summed E-state index contributed by atoms with van der Waals surface area (Å²) in [4.78, 5) is 36.6. The molecule has 8 heteroatoms. The van der Waals surface area contributed by atoms with Crippen LogP contribution >= 0.6 is 11.6 Å². The molecule has 2 aromatic carbocycles. The summed E-state index contributed by atoms with van der Waals surface area (Å²) >= 11 is 6.35. The monoisotopic (exact) mass is 439 g/mol. The van der Waals surface area contributed by atoms with Crippen LogP contribution in [0.4, 0.5) is 5.69 Å². The molecule has 3 aromatic rings. The second-order valence-electron chi connectivity index (χ2n) is 6.87. The Labute approximate surface area is 185 Å². The van der Waals surface area contributed by atoms with Gasteiger partial charge >= 0.3 is 5.97 Å². The molecule has 31 heavy (non-hydrogen) atoms. The molecule has 0 bridgehead atoms. The van der Waals surface area contributed by atoms with Crippen LogP contribution in [0.2, 0.25) is 5.15 Å². The number of rotatable bonds is 8. The molecule has 3 rings (SSSR count). The molecular weight excluding hydrogens is 418 g/mol. The zero-order valence-electron chi connectivity index (χ0n) is 17.2. The summed E-state index contributed by atoms with van der Waals surface area (Å²) in [6.45, 7) is 3.13. The number of para-hydroxylation sites is 1. The van der Waals surface area contributed by atoms with Gasteiger partial charge in [-0.1, -0.05) is 36.7 Å². The van der Waals surface area contributed by atoms with Gasteiger partial charge in [0.05, 0.1) is 11.4 Å². The molecule has 1 N–H and O–H groups in total. The molecule has 0 saturated carbocycles. The average molecular weight is 440 g/mol. The Kier molecular flexibility index (Phi) is 7.20. The summed E-state index contributed by atoms with van der Waals surface area (Å²) < 4.78 is 6.63. The van der Waals surface area contributed by atoms with Crippen molar-refractivity contribution < 1.29 is 19.1 Å². The molecule has 0 unspecified atom stereocenters. The molecule has 0 fully saturated rings. The highest BCUT2D eigenvalue weighted by molar-refractivity contribution is 6.33. The molecular formula is C23H22ClN3O4. The van der Waals surface area contributed by atoms with E-state index in [-0.39, 0.29) is 22.4 Å². The van der Waals surface area contributed by atoms with Crippen molar-refractivity contribution >= 4 is 34.9 Å². The Balaban J connectivity index is 1.64. The number of anilines is 1. The van der Waals surface area contributed by atoms with Crippen molar-refractivity contribution in [1.82, 2.24) is 9.78 Å². The number of hydrogen-bond donors (Lipinski definition) is 1. The molecule has 0 radical (unpaired) electrons. The van der Waals surface area contributed by atoms with Gasteiger partial charge in [0.2, 0.25) is 5.91 Å². The van der Waals surface area contributed by atoms with Crippen LogP contribution in [0.15, 0.2) is 54.6 Å². The number of carbonyl (C=O) groups is 3. The Morgan fingerprint density at radius 3 is 2.39 bits per heavy atom. The Morgan fingerprint density at radius 2 is 1.74 bits per heavy atom. The minimum absolute atomic E-state index is 0.0844. The van der Waals surface area contributed by atoms with Crippen LogP contribution in [0.1, 0.15) is 46.2 Å². The summed E-state index contributed by atoms with van der Waals surface area (Å²) in [6.07, 6.45) is 1.18. The molecule has 1 amide bonds. The van der Waals surface area contributed by atoms with Crippen molar-refractivity contribution in [2.45, 2.75) is 26.7 Å². The van der Waals surface area contributed by atoms with Crippen LogP contribution in [0.5, 0.6) is 0 Å². The molecule has 0 saturated heterocycles. The van der Waals surface area contributed by atoms with Crippen molar-refractivity contribution in [1.29, 1.82) is 0 Å². The lowest BCUT2D eigenvalue weighted by atomic mass is 10.1. The van der Waals surface area contributed by atoms with Gasteiger partial charge < -0.3 is 10.1 Å². The van der Waals surface area contributed by atoms with E-state index in [1.807, 2.05) is 37.3 Å². The van der Waals surface area contributed by atoms with E-state index >= 15 is 0 Å². The van der Waals surface area contributed by atoms with Crippen molar-refractivity contribution in [2.75, 3.05) is 11.9 Å². The second-order valence-corrected chi connectivity index (χ2v) is 7.23. The van der Waals surface area contributed by atoms with Crippen LogP contribution < -0.4 is 5.32 Å². The fourth-order valence-electron chi connectivity index (χ4n) is 2.95. The predicted octanol–water partition coefficient (Wildman–Crippen LogP) is 4.61. The summed E-state index contributed by atoms with van der Waals surface area (Å²) in [6, 6.07) is 15.6. The average Bonchev–Trinajstić information content (AvgIpc) is 3.07. The van der Waals surface area contributed by atoms with Crippen LogP contribution in [0.25, 0.3) is 5.69 Å². The number of ketones is 1. The summed E-state index contributed by atoms with van der Waals surface area (Å²) in [5.74, 6) is -1.18. The van der Waals surface area contributed by atoms with Gasteiger partial charge in [0.15, 0.2) is 12.4 Å². The standard InChI is InChI=1S/C23H22ClN3O4/c1-3-7-20(29)25-17-12-10-16(11-13-17)19(28)14-31-23(30)21-15(2)26-27(22(21)24)18-8-5-4-6-9-18/h4-6,8-13H,3,7,14H2,1-2H3,(H,25,29). The van der Waals surface area contributed by atoms with Crippen molar-refractivity contribution in [3.05, 3.63) is 76.6 Å². The Bertz CT molecular complexity index is 1090. The van der Waals surface area contributed by atoms with Crippen molar-refractivity contribution in [3.63, 3.8) is 0 Å². The smallest absolute Gasteiger partial charge is 0.343 e. The third kappa shape index (κ3) is 5.38. The zero-order valence-corrected chi connectivity index (χ0v) is 18.0. The SMILES string of the molecule is CCCC(=O)Nc1ccc(C(=O)COC(=O)c2c(C)nn(-c3ccccc3)c2Cl)cc1. The number of nitrogens with zero attached hydrogens (tertiary/aromatic N) is 2. The number of benzene rings is 2.